The number of aromatic nitrogens is 3. The van der Waals surface area contributed by atoms with Crippen LogP contribution < -0.4 is 0 Å². The van der Waals surface area contributed by atoms with Crippen molar-refractivity contribution in [3.05, 3.63) is 52.4 Å². The van der Waals surface area contributed by atoms with Crippen LogP contribution in [0.15, 0.2) is 30.5 Å². The van der Waals surface area contributed by atoms with Gasteiger partial charge in [0.1, 0.15) is 5.56 Å². The van der Waals surface area contributed by atoms with Gasteiger partial charge in [-0.05, 0) is 45.0 Å². The lowest BCUT2D eigenvalue weighted by Gasteiger charge is -2.09. The molecule has 0 aliphatic rings. The van der Waals surface area contributed by atoms with Gasteiger partial charge in [0, 0.05) is 16.6 Å². The van der Waals surface area contributed by atoms with Crippen LogP contribution in [0, 0.1) is 13.8 Å². The zero-order chi connectivity index (χ0) is 16.6. The summed E-state index contributed by atoms with van der Waals surface area (Å²) in [6.07, 6.45) is 1.70. The Balaban J connectivity index is 2.20. The topological polar surface area (TPSA) is 57.0 Å². The smallest absolute Gasteiger partial charge is 0.341 e. The number of hydrogen-bond acceptors (Lipinski definition) is 4. The molecule has 6 heteroatoms. The summed E-state index contributed by atoms with van der Waals surface area (Å²) in [5, 5.41) is 6.05. The molecule has 0 aliphatic heterocycles. The molecule has 3 aromatic rings. The van der Waals surface area contributed by atoms with Crippen LogP contribution in [0.1, 0.15) is 28.7 Å². The Kier molecular flexibility index (Phi) is 4.05. The second-order valence-corrected chi connectivity index (χ2v) is 5.61. The molecule has 2 aromatic heterocycles. The third-order valence-corrected chi connectivity index (χ3v) is 3.92. The Labute approximate surface area is 138 Å². The molecule has 3 rings (SSSR count). The minimum absolute atomic E-state index is 0.333. The van der Waals surface area contributed by atoms with Crippen molar-refractivity contribution in [3.8, 4) is 5.69 Å². The van der Waals surface area contributed by atoms with Crippen LogP contribution in [-0.2, 0) is 4.74 Å². The average Bonchev–Trinajstić information content (AvgIpc) is 2.81. The molecular formula is C17H16ClN3O2. The first kappa shape index (κ1) is 15.5. The van der Waals surface area contributed by atoms with Crippen LogP contribution in [0.3, 0.4) is 0 Å². The fourth-order valence-corrected chi connectivity index (χ4v) is 2.83. The molecule has 1 aromatic carbocycles. The number of halogens is 1. The van der Waals surface area contributed by atoms with E-state index >= 15 is 0 Å². The van der Waals surface area contributed by atoms with E-state index < -0.39 is 0 Å². The number of carbonyl (C=O) groups is 1. The van der Waals surface area contributed by atoms with Crippen LogP contribution in [0.25, 0.3) is 16.6 Å². The fraction of sp³-hybridized carbons (Fsp3) is 0.235. The quantitative estimate of drug-likeness (QED) is 0.684. The van der Waals surface area contributed by atoms with Crippen molar-refractivity contribution in [2.45, 2.75) is 20.8 Å². The van der Waals surface area contributed by atoms with Crippen LogP contribution in [0.4, 0.5) is 0 Å². The van der Waals surface area contributed by atoms with Crippen LogP contribution in [0.2, 0.25) is 5.02 Å². The highest BCUT2D eigenvalue weighted by molar-refractivity contribution is 6.31. The molecule has 0 amide bonds. The molecule has 0 bridgehead atoms. The largest absolute Gasteiger partial charge is 0.462 e. The summed E-state index contributed by atoms with van der Waals surface area (Å²) in [5.74, 6) is -0.352. The minimum atomic E-state index is -0.352. The first-order valence-electron chi connectivity index (χ1n) is 7.31. The van der Waals surface area contributed by atoms with Crippen LogP contribution in [-0.4, -0.2) is 27.3 Å². The zero-order valence-corrected chi connectivity index (χ0v) is 13.9. The number of esters is 1. The monoisotopic (exact) mass is 329 g/mol. The van der Waals surface area contributed by atoms with E-state index in [-0.39, 0.29) is 5.97 Å². The fourth-order valence-electron chi connectivity index (χ4n) is 2.67. The normalized spacial score (nSPS) is 11.0. The van der Waals surface area contributed by atoms with Gasteiger partial charge in [-0.15, -0.1) is 0 Å². The van der Waals surface area contributed by atoms with E-state index in [9.17, 15) is 4.79 Å². The summed E-state index contributed by atoms with van der Waals surface area (Å²) in [6.45, 7) is 5.77. The lowest BCUT2D eigenvalue weighted by atomic mass is 10.1. The van der Waals surface area contributed by atoms with Gasteiger partial charge in [-0.25, -0.2) is 9.48 Å². The third kappa shape index (κ3) is 2.68. The predicted octanol–water partition coefficient (Wildman–Crippen LogP) is 3.87. The minimum Gasteiger partial charge on any atom is -0.462 e. The maximum Gasteiger partial charge on any atom is 0.341 e. The molecule has 0 atom stereocenters. The lowest BCUT2D eigenvalue weighted by molar-refractivity contribution is 0.0524. The van der Waals surface area contributed by atoms with Gasteiger partial charge in [-0.3, -0.25) is 4.98 Å². The molecule has 0 aliphatic carbocycles. The van der Waals surface area contributed by atoms with E-state index in [1.807, 2.05) is 25.1 Å². The average molecular weight is 330 g/mol. The van der Waals surface area contributed by atoms with Gasteiger partial charge in [-0.2, -0.15) is 5.10 Å². The number of benzene rings is 1. The Morgan fingerprint density at radius 2 is 2.09 bits per heavy atom. The zero-order valence-electron chi connectivity index (χ0n) is 13.1. The van der Waals surface area contributed by atoms with E-state index in [4.69, 9.17) is 16.3 Å². The summed E-state index contributed by atoms with van der Waals surface area (Å²) in [7, 11) is 0. The first-order valence-corrected chi connectivity index (χ1v) is 7.68. The number of nitrogens with zero attached hydrogens (tertiary/aromatic N) is 3. The number of carbonyl (C=O) groups excluding carboxylic acids is 1. The molecule has 23 heavy (non-hydrogen) atoms. The van der Waals surface area contributed by atoms with Crippen molar-refractivity contribution >= 4 is 28.5 Å². The highest BCUT2D eigenvalue weighted by Gasteiger charge is 2.21. The number of rotatable bonds is 3. The Hall–Kier alpha value is -2.40. The Bertz CT molecular complexity index is 902. The molecular weight excluding hydrogens is 314 g/mol. The molecule has 0 saturated heterocycles. The predicted molar refractivity (Wildman–Crippen MR) is 89.3 cm³/mol. The highest BCUT2D eigenvalue weighted by Crippen LogP contribution is 2.26. The van der Waals surface area contributed by atoms with Crippen molar-refractivity contribution in [2.24, 2.45) is 0 Å². The summed E-state index contributed by atoms with van der Waals surface area (Å²) < 4.78 is 6.87. The van der Waals surface area contributed by atoms with Crippen LogP contribution >= 0.6 is 11.6 Å². The summed E-state index contributed by atoms with van der Waals surface area (Å²) in [4.78, 5) is 16.5. The van der Waals surface area contributed by atoms with Crippen molar-refractivity contribution in [1.29, 1.82) is 0 Å². The standard InChI is InChI=1S/C17H16ClN3O2/c1-4-23-17(22)16-10(2)20-21(11(16)3)15-7-8-19-14-9-12(18)5-6-13(14)15/h5-9H,4H2,1-3H3. The van der Waals surface area contributed by atoms with Crippen molar-refractivity contribution in [3.63, 3.8) is 0 Å². The summed E-state index contributed by atoms with van der Waals surface area (Å²) >= 11 is 6.03. The van der Waals surface area contributed by atoms with E-state index in [2.05, 4.69) is 10.1 Å². The molecule has 118 valence electrons. The number of pyridine rings is 1. The van der Waals surface area contributed by atoms with Gasteiger partial charge in [0.15, 0.2) is 0 Å². The molecule has 0 unspecified atom stereocenters. The summed E-state index contributed by atoms with van der Waals surface area (Å²) in [6, 6.07) is 7.39. The second-order valence-electron chi connectivity index (χ2n) is 5.17. The summed E-state index contributed by atoms with van der Waals surface area (Å²) in [5.41, 5.74) is 3.51. The molecule has 0 N–H and O–H groups in total. The van der Waals surface area contributed by atoms with Gasteiger partial charge >= 0.3 is 5.97 Å². The van der Waals surface area contributed by atoms with E-state index in [0.29, 0.717) is 22.9 Å². The van der Waals surface area contributed by atoms with Crippen molar-refractivity contribution in [2.75, 3.05) is 6.61 Å². The van der Waals surface area contributed by atoms with Gasteiger partial charge in [0.2, 0.25) is 0 Å². The molecule has 0 radical (unpaired) electrons. The van der Waals surface area contributed by atoms with Crippen LogP contribution in [0.5, 0.6) is 0 Å². The molecule has 0 fully saturated rings. The Morgan fingerprint density at radius 1 is 1.30 bits per heavy atom. The van der Waals surface area contributed by atoms with E-state index in [1.165, 1.54) is 0 Å². The van der Waals surface area contributed by atoms with Gasteiger partial charge in [0.05, 0.1) is 29.2 Å². The van der Waals surface area contributed by atoms with E-state index in [1.54, 1.807) is 30.8 Å². The third-order valence-electron chi connectivity index (χ3n) is 3.68. The van der Waals surface area contributed by atoms with Gasteiger partial charge in [0.25, 0.3) is 0 Å². The van der Waals surface area contributed by atoms with E-state index in [0.717, 1.165) is 22.3 Å². The maximum absolute atomic E-state index is 12.1. The molecule has 0 saturated carbocycles. The molecule has 5 nitrogen and oxygen atoms in total. The maximum atomic E-state index is 12.1. The van der Waals surface area contributed by atoms with Gasteiger partial charge < -0.3 is 4.74 Å². The van der Waals surface area contributed by atoms with Crippen molar-refractivity contribution < 1.29 is 9.53 Å². The SMILES string of the molecule is CCOC(=O)c1c(C)nn(-c2ccnc3cc(Cl)ccc23)c1C. The molecule has 2 heterocycles. The number of aryl methyl sites for hydroxylation is 1. The second kappa shape index (κ2) is 6.01. The molecule has 0 spiro atoms. The Morgan fingerprint density at radius 3 is 2.83 bits per heavy atom. The highest BCUT2D eigenvalue weighted by atomic mass is 35.5. The number of hydrogen-bond donors (Lipinski definition) is 0. The lowest BCUT2D eigenvalue weighted by Crippen LogP contribution is -2.08. The first-order chi connectivity index (χ1) is 11.0. The number of ether oxygens (including phenoxy) is 1. The van der Waals surface area contributed by atoms with Gasteiger partial charge in [-0.1, -0.05) is 11.6 Å². The van der Waals surface area contributed by atoms with Crippen molar-refractivity contribution in [1.82, 2.24) is 14.8 Å². The number of fused-ring (bicyclic) bond motifs is 1.